The number of halogens is 2. The number of carbonyl (C=O) groups excluding carboxylic acids is 2. The summed E-state index contributed by atoms with van der Waals surface area (Å²) in [4.78, 5) is 26.6. The Morgan fingerprint density at radius 3 is 2.88 bits per heavy atom. The van der Waals surface area contributed by atoms with Gasteiger partial charge in [0.1, 0.15) is 11.3 Å². The van der Waals surface area contributed by atoms with Crippen molar-refractivity contribution in [3.8, 4) is 5.75 Å². The molecule has 1 saturated heterocycles. The minimum atomic E-state index is -3.02. The van der Waals surface area contributed by atoms with Gasteiger partial charge < -0.3 is 15.0 Å². The minimum Gasteiger partial charge on any atom is -0.434 e. The highest BCUT2D eigenvalue weighted by Gasteiger charge is 2.30. The topological polar surface area (TPSA) is 84.4 Å². The molecular formula is C16H16F2N4O3S. The van der Waals surface area contributed by atoms with Gasteiger partial charge in [-0.1, -0.05) is 23.5 Å². The normalized spacial score (nSPS) is 17.2. The fraction of sp³-hybridized carbons (Fsp3) is 0.375. The molecule has 0 saturated carbocycles. The van der Waals surface area contributed by atoms with Gasteiger partial charge >= 0.3 is 6.61 Å². The summed E-state index contributed by atoms with van der Waals surface area (Å²) in [6.07, 6.45) is 1.27. The molecule has 0 aliphatic carbocycles. The molecule has 1 N–H and O–H groups in total. The third kappa shape index (κ3) is 4.31. The third-order valence-electron chi connectivity index (χ3n) is 4.00. The molecule has 1 aliphatic rings. The van der Waals surface area contributed by atoms with Crippen molar-refractivity contribution in [2.75, 3.05) is 18.4 Å². The lowest BCUT2D eigenvalue weighted by atomic mass is 9.96. The van der Waals surface area contributed by atoms with Crippen LogP contribution in [0.5, 0.6) is 5.75 Å². The molecule has 1 aromatic carbocycles. The number of anilines is 1. The Bertz CT molecular complexity index is 773. The second-order valence-electron chi connectivity index (χ2n) is 5.70. The molecule has 0 bridgehead atoms. The fourth-order valence-corrected chi connectivity index (χ4v) is 3.27. The van der Waals surface area contributed by atoms with E-state index in [-0.39, 0.29) is 23.8 Å². The first kappa shape index (κ1) is 18.2. The molecule has 3 rings (SSSR count). The smallest absolute Gasteiger partial charge is 0.387 e. The molecular weight excluding hydrogens is 366 g/mol. The SMILES string of the molecule is O=C(Nc1nncs1)[C@H]1CCCN(C(=O)c2ccccc2OC(F)F)C1. The number of hydrogen-bond acceptors (Lipinski definition) is 6. The van der Waals surface area contributed by atoms with Crippen molar-refractivity contribution in [3.05, 3.63) is 35.3 Å². The van der Waals surface area contributed by atoms with E-state index in [0.717, 1.165) is 0 Å². The van der Waals surface area contributed by atoms with E-state index in [2.05, 4.69) is 20.3 Å². The van der Waals surface area contributed by atoms with Gasteiger partial charge in [0.05, 0.1) is 11.5 Å². The molecule has 0 spiro atoms. The summed E-state index contributed by atoms with van der Waals surface area (Å²) in [5.41, 5.74) is 1.56. The Labute approximate surface area is 152 Å². The van der Waals surface area contributed by atoms with Crippen LogP contribution in [0.15, 0.2) is 29.8 Å². The van der Waals surface area contributed by atoms with E-state index < -0.39 is 18.4 Å². The van der Waals surface area contributed by atoms with Crippen molar-refractivity contribution in [3.63, 3.8) is 0 Å². The molecule has 0 radical (unpaired) electrons. The van der Waals surface area contributed by atoms with Crippen molar-refractivity contribution in [2.45, 2.75) is 19.5 Å². The molecule has 1 fully saturated rings. The van der Waals surface area contributed by atoms with Crippen LogP contribution in [0, 0.1) is 5.92 Å². The van der Waals surface area contributed by atoms with Gasteiger partial charge in [0.15, 0.2) is 0 Å². The van der Waals surface area contributed by atoms with Crippen LogP contribution in [-0.2, 0) is 4.79 Å². The van der Waals surface area contributed by atoms with Crippen LogP contribution in [0.3, 0.4) is 0 Å². The predicted octanol–water partition coefficient (Wildman–Crippen LogP) is 2.63. The molecule has 2 heterocycles. The first-order valence-electron chi connectivity index (χ1n) is 7.94. The predicted molar refractivity (Wildman–Crippen MR) is 90.2 cm³/mol. The number of ether oxygens (including phenoxy) is 1. The first-order valence-corrected chi connectivity index (χ1v) is 8.82. The Hall–Kier alpha value is -2.62. The van der Waals surface area contributed by atoms with Gasteiger partial charge in [-0.05, 0) is 25.0 Å². The standard InChI is InChI=1S/C16H16F2N4O3S/c17-15(18)25-12-6-2-1-5-11(12)14(24)22-7-3-4-10(8-22)13(23)20-16-21-19-9-26-16/h1-2,5-6,9-10,15H,3-4,7-8H2,(H,20,21,23)/t10-/m0/s1. The average molecular weight is 382 g/mol. The molecule has 0 unspecified atom stereocenters. The molecule has 1 aliphatic heterocycles. The van der Waals surface area contributed by atoms with Crippen molar-refractivity contribution in [2.24, 2.45) is 5.92 Å². The monoisotopic (exact) mass is 382 g/mol. The van der Waals surface area contributed by atoms with E-state index in [9.17, 15) is 18.4 Å². The molecule has 1 aromatic heterocycles. The van der Waals surface area contributed by atoms with E-state index in [1.54, 1.807) is 6.07 Å². The number of amides is 2. The van der Waals surface area contributed by atoms with Gasteiger partial charge in [-0.2, -0.15) is 8.78 Å². The van der Waals surface area contributed by atoms with Gasteiger partial charge in [0, 0.05) is 13.1 Å². The maximum atomic E-state index is 12.7. The zero-order valence-corrected chi connectivity index (χ0v) is 14.4. The maximum absolute atomic E-state index is 12.7. The largest absolute Gasteiger partial charge is 0.434 e. The molecule has 10 heteroatoms. The van der Waals surface area contributed by atoms with Gasteiger partial charge in [-0.3, -0.25) is 9.59 Å². The van der Waals surface area contributed by atoms with E-state index in [4.69, 9.17) is 0 Å². The number of carbonyl (C=O) groups is 2. The van der Waals surface area contributed by atoms with Crippen LogP contribution >= 0.6 is 11.3 Å². The summed E-state index contributed by atoms with van der Waals surface area (Å²) in [6, 6.07) is 5.85. The Kier molecular flexibility index (Phi) is 5.71. The summed E-state index contributed by atoms with van der Waals surface area (Å²) < 4.78 is 29.5. The van der Waals surface area contributed by atoms with Crippen molar-refractivity contribution in [1.29, 1.82) is 0 Å². The molecule has 138 valence electrons. The van der Waals surface area contributed by atoms with Gasteiger partial charge in [0.25, 0.3) is 5.91 Å². The summed E-state index contributed by atoms with van der Waals surface area (Å²) in [7, 11) is 0. The third-order valence-corrected chi connectivity index (χ3v) is 4.61. The maximum Gasteiger partial charge on any atom is 0.387 e. The van der Waals surface area contributed by atoms with E-state index in [1.807, 2.05) is 0 Å². The van der Waals surface area contributed by atoms with Crippen LogP contribution in [-0.4, -0.2) is 46.6 Å². The Balaban J connectivity index is 1.69. The molecule has 7 nitrogen and oxygen atoms in total. The lowest BCUT2D eigenvalue weighted by Gasteiger charge is -2.32. The second kappa shape index (κ2) is 8.17. The number of rotatable bonds is 5. The van der Waals surface area contributed by atoms with Crippen LogP contribution in [0.2, 0.25) is 0 Å². The van der Waals surface area contributed by atoms with Gasteiger partial charge in [0.2, 0.25) is 11.0 Å². The molecule has 2 amide bonds. The Morgan fingerprint density at radius 1 is 1.35 bits per heavy atom. The van der Waals surface area contributed by atoms with Crippen LogP contribution in [0.1, 0.15) is 23.2 Å². The van der Waals surface area contributed by atoms with Crippen molar-refractivity contribution in [1.82, 2.24) is 15.1 Å². The lowest BCUT2D eigenvalue weighted by molar-refractivity contribution is -0.121. The lowest BCUT2D eigenvalue weighted by Crippen LogP contribution is -2.43. The number of nitrogens with zero attached hydrogens (tertiary/aromatic N) is 3. The summed E-state index contributed by atoms with van der Waals surface area (Å²) in [5.74, 6) is -1.25. The molecule has 2 aromatic rings. The average Bonchev–Trinajstić information content (AvgIpc) is 3.14. The number of benzene rings is 1. The van der Waals surface area contributed by atoms with Crippen LogP contribution < -0.4 is 10.1 Å². The van der Waals surface area contributed by atoms with Crippen molar-refractivity contribution < 1.29 is 23.1 Å². The number of aromatic nitrogens is 2. The Morgan fingerprint density at radius 2 is 2.15 bits per heavy atom. The van der Waals surface area contributed by atoms with Gasteiger partial charge in [-0.15, -0.1) is 10.2 Å². The van der Waals surface area contributed by atoms with E-state index >= 15 is 0 Å². The number of alkyl halides is 2. The highest BCUT2D eigenvalue weighted by molar-refractivity contribution is 7.13. The summed E-state index contributed by atoms with van der Waals surface area (Å²) >= 11 is 1.20. The first-order chi connectivity index (χ1) is 12.5. The number of para-hydroxylation sites is 1. The number of nitrogens with one attached hydrogen (secondary N) is 1. The second-order valence-corrected chi connectivity index (χ2v) is 6.53. The van der Waals surface area contributed by atoms with Crippen molar-refractivity contribution >= 4 is 28.3 Å². The highest BCUT2D eigenvalue weighted by atomic mass is 32.1. The van der Waals surface area contributed by atoms with Crippen LogP contribution in [0.4, 0.5) is 13.9 Å². The zero-order valence-electron chi connectivity index (χ0n) is 13.6. The zero-order chi connectivity index (χ0) is 18.5. The summed E-state index contributed by atoms with van der Waals surface area (Å²) in [5, 5.41) is 10.5. The molecule has 26 heavy (non-hydrogen) atoms. The summed E-state index contributed by atoms with van der Waals surface area (Å²) in [6.45, 7) is -2.37. The number of likely N-dealkylation sites (tertiary alicyclic amines) is 1. The van der Waals surface area contributed by atoms with E-state index in [1.165, 1.54) is 39.9 Å². The van der Waals surface area contributed by atoms with E-state index in [0.29, 0.717) is 24.5 Å². The van der Waals surface area contributed by atoms with Gasteiger partial charge in [-0.25, -0.2) is 0 Å². The fourth-order valence-electron chi connectivity index (χ4n) is 2.82. The number of piperidine rings is 1. The molecule has 1 atom stereocenters. The van der Waals surface area contributed by atoms with Crippen LogP contribution in [0.25, 0.3) is 0 Å². The number of hydrogen-bond donors (Lipinski definition) is 1. The highest BCUT2D eigenvalue weighted by Crippen LogP contribution is 2.25. The minimum absolute atomic E-state index is 0.0537. The quantitative estimate of drug-likeness (QED) is 0.859.